The molecule has 0 spiro atoms. The van der Waals surface area contributed by atoms with Gasteiger partial charge in [-0.3, -0.25) is 0 Å². The number of aliphatic carboxylic acids is 1. The van der Waals surface area contributed by atoms with Gasteiger partial charge in [-0.2, -0.15) is 0 Å². The van der Waals surface area contributed by atoms with Gasteiger partial charge in [0.1, 0.15) is 0 Å². The molecule has 0 aromatic heterocycles. The Morgan fingerprint density at radius 2 is 1.95 bits per heavy atom. The molecule has 1 aromatic carbocycles. The lowest BCUT2D eigenvalue weighted by Crippen LogP contribution is -2.28. The summed E-state index contributed by atoms with van der Waals surface area (Å²) in [6.45, 7) is 4.05. The number of piperidine rings is 1. The van der Waals surface area contributed by atoms with Crippen molar-refractivity contribution in [2.75, 3.05) is 13.1 Å². The highest BCUT2D eigenvalue weighted by Gasteiger charge is 2.19. The van der Waals surface area contributed by atoms with Crippen LogP contribution in [0.2, 0.25) is 0 Å². The number of hydrogen-bond donors (Lipinski definition) is 2. The number of hydrogen-bond acceptors (Lipinski definition) is 2. The van der Waals surface area contributed by atoms with Crippen LogP contribution in [0.25, 0.3) is 5.57 Å². The molecule has 0 unspecified atom stereocenters. The van der Waals surface area contributed by atoms with Crippen molar-refractivity contribution in [1.29, 1.82) is 0 Å². The van der Waals surface area contributed by atoms with Gasteiger partial charge in [0.15, 0.2) is 0 Å². The first-order valence-electron chi connectivity index (χ1n) is 6.95. The summed E-state index contributed by atoms with van der Waals surface area (Å²) in [6.07, 6.45) is 4.41. The van der Waals surface area contributed by atoms with Gasteiger partial charge in [-0.1, -0.05) is 31.2 Å². The number of benzene rings is 1. The van der Waals surface area contributed by atoms with Crippen LogP contribution in [0.4, 0.5) is 0 Å². The number of rotatable bonds is 4. The summed E-state index contributed by atoms with van der Waals surface area (Å²) in [5.74, 6) is -0.502. The second kappa shape index (κ2) is 6.53. The fourth-order valence-electron chi connectivity index (χ4n) is 2.64. The van der Waals surface area contributed by atoms with Crippen LogP contribution >= 0.6 is 0 Å². The Morgan fingerprint density at radius 3 is 2.47 bits per heavy atom. The third kappa shape index (κ3) is 3.67. The van der Waals surface area contributed by atoms with E-state index in [1.54, 1.807) is 0 Å². The lowest BCUT2D eigenvalue weighted by atomic mass is 9.85. The molecule has 0 amide bonds. The van der Waals surface area contributed by atoms with E-state index < -0.39 is 5.97 Å². The molecule has 1 aliphatic rings. The zero-order valence-electron chi connectivity index (χ0n) is 11.4. The Labute approximate surface area is 114 Å². The predicted octanol–water partition coefficient (Wildman–Crippen LogP) is 2.72. The van der Waals surface area contributed by atoms with Crippen LogP contribution in [0.15, 0.2) is 30.3 Å². The molecule has 3 nitrogen and oxygen atoms in total. The van der Waals surface area contributed by atoms with E-state index >= 15 is 0 Å². The van der Waals surface area contributed by atoms with Crippen molar-refractivity contribution in [2.24, 2.45) is 5.92 Å². The van der Waals surface area contributed by atoms with Gasteiger partial charge in [0.2, 0.25) is 0 Å². The molecule has 3 heteroatoms. The SMILES string of the molecule is CCc1ccc(/C(=C/C(=O)O)C2CCNCC2)cc1. The average Bonchev–Trinajstić information content (AvgIpc) is 2.46. The molecule has 0 aliphatic carbocycles. The molecule has 19 heavy (non-hydrogen) atoms. The number of nitrogens with one attached hydrogen (secondary N) is 1. The summed E-state index contributed by atoms with van der Waals surface area (Å²) >= 11 is 0. The largest absolute Gasteiger partial charge is 0.478 e. The van der Waals surface area contributed by atoms with Crippen molar-refractivity contribution in [3.05, 3.63) is 41.5 Å². The fraction of sp³-hybridized carbons (Fsp3) is 0.438. The normalized spacial score (nSPS) is 17.4. The molecular formula is C16H21NO2. The van der Waals surface area contributed by atoms with Crippen LogP contribution in [-0.2, 0) is 11.2 Å². The van der Waals surface area contributed by atoms with Crippen molar-refractivity contribution in [2.45, 2.75) is 26.2 Å². The Morgan fingerprint density at radius 1 is 1.32 bits per heavy atom. The highest BCUT2D eigenvalue weighted by molar-refractivity contribution is 5.90. The topological polar surface area (TPSA) is 49.3 Å². The zero-order chi connectivity index (χ0) is 13.7. The number of carboxylic acid groups (broad SMARTS) is 1. The van der Waals surface area contributed by atoms with Crippen LogP contribution in [0.3, 0.4) is 0 Å². The second-order valence-corrected chi connectivity index (χ2v) is 5.01. The molecule has 1 fully saturated rings. The van der Waals surface area contributed by atoms with E-state index in [2.05, 4.69) is 36.5 Å². The number of aryl methyl sites for hydroxylation is 1. The minimum Gasteiger partial charge on any atom is -0.478 e. The number of carbonyl (C=O) groups is 1. The van der Waals surface area contributed by atoms with E-state index in [4.69, 9.17) is 5.11 Å². The Balaban J connectivity index is 2.28. The van der Waals surface area contributed by atoms with Gasteiger partial charge in [-0.15, -0.1) is 0 Å². The predicted molar refractivity (Wildman–Crippen MR) is 77.0 cm³/mol. The Kier molecular flexibility index (Phi) is 4.74. The van der Waals surface area contributed by atoms with Crippen molar-refractivity contribution in [3.8, 4) is 0 Å². The minimum absolute atomic E-state index is 0.352. The minimum atomic E-state index is -0.854. The molecule has 1 aromatic rings. The molecule has 1 saturated heterocycles. The fourth-order valence-corrected chi connectivity index (χ4v) is 2.64. The maximum absolute atomic E-state index is 11.1. The van der Waals surface area contributed by atoms with Crippen molar-refractivity contribution in [3.63, 3.8) is 0 Å². The first kappa shape index (κ1) is 13.8. The molecule has 0 bridgehead atoms. The van der Waals surface area contributed by atoms with E-state index in [0.29, 0.717) is 5.92 Å². The number of allylic oxidation sites excluding steroid dienone is 1. The number of carboxylic acids is 1. The van der Waals surface area contributed by atoms with E-state index in [1.165, 1.54) is 11.6 Å². The summed E-state index contributed by atoms with van der Waals surface area (Å²) in [6, 6.07) is 8.28. The van der Waals surface area contributed by atoms with E-state index in [0.717, 1.165) is 43.5 Å². The van der Waals surface area contributed by atoms with E-state index in [9.17, 15) is 4.79 Å². The highest BCUT2D eigenvalue weighted by atomic mass is 16.4. The molecule has 2 rings (SSSR count). The van der Waals surface area contributed by atoms with Crippen molar-refractivity contribution < 1.29 is 9.90 Å². The van der Waals surface area contributed by atoms with Gasteiger partial charge in [0.05, 0.1) is 0 Å². The van der Waals surface area contributed by atoms with Gasteiger partial charge in [-0.25, -0.2) is 4.79 Å². The molecule has 1 heterocycles. The first-order valence-corrected chi connectivity index (χ1v) is 6.95. The van der Waals surface area contributed by atoms with Gasteiger partial charge in [0.25, 0.3) is 0 Å². The molecule has 2 N–H and O–H groups in total. The molecule has 0 radical (unpaired) electrons. The molecular weight excluding hydrogens is 238 g/mol. The zero-order valence-corrected chi connectivity index (χ0v) is 11.4. The maximum Gasteiger partial charge on any atom is 0.328 e. The lowest BCUT2D eigenvalue weighted by molar-refractivity contribution is -0.131. The van der Waals surface area contributed by atoms with E-state index in [-0.39, 0.29) is 0 Å². The van der Waals surface area contributed by atoms with Crippen LogP contribution < -0.4 is 5.32 Å². The van der Waals surface area contributed by atoms with Crippen LogP contribution in [-0.4, -0.2) is 24.2 Å². The third-order valence-electron chi connectivity index (χ3n) is 3.75. The van der Waals surface area contributed by atoms with Crippen LogP contribution in [0, 0.1) is 5.92 Å². The van der Waals surface area contributed by atoms with Crippen LogP contribution in [0.1, 0.15) is 30.9 Å². The lowest BCUT2D eigenvalue weighted by Gasteiger charge is -2.25. The van der Waals surface area contributed by atoms with Crippen molar-refractivity contribution >= 4 is 11.5 Å². The molecule has 1 aliphatic heterocycles. The Bertz CT molecular complexity index is 456. The highest BCUT2D eigenvalue weighted by Crippen LogP contribution is 2.30. The Hall–Kier alpha value is -1.61. The maximum atomic E-state index is 11.1. The summed E-state index contributed by atoms with van der Waals surface area (Å²) < 4.78 is 0. The summed E-state index contributed by atoms with van der Waals surface area (Å²) in [4.78, 5) is 11.1. The van der Waals surface area contributed by atoms with Crippen LogP contribution in [0.5, 0.6) is 0 Å². The van der Waals surface area contributed by atoms with Gasteiger partial charge < -0.3 is 10.4 Å². The summed E-state index contributed by atoms with van der Waals surface area (Å²) in [5, 5.41) is 12.4. The quantitative estimate of drug-likeness (QED) is 0.817. The molecule has 102 valence electrons. The first-order chi connectivity index (χ1) is 9.20. The van der Waals surface area contributed by atoms with E-state index in [1.807, 2.05) is 0 Å². The molecule has 0 saturated carbocycles. The monoisotopic (exact) mass is 259 g/mol. The third-order valence-corrected chi connectivity index (χ3v) is 3.75. The standard InChI is InChI=1S/C16H21NO2/c1-2-12-3-5-13(6-4-12)15(11-16(18)19)14-7-9-17-10-8-14/h3-6,11,14,17H,2,7-10H2,1H3,(H,18,19)/b15-11-. The summed E-state index contributed by atoms with van der Waals surface area (Å²) in [7, 11) is 0. The summed E-state index contributed by atoms with van der Waals surface area (Å²) in [5.41, 5.74) is 3.30. The second-order valence-electron chi connectivity index (χ2n) is 5.01. The smallest absolute Gasteiger partial charge is 0.328 e. The van der Waals surface area contributed by atoms with Crippen molar-refractivity contribution in [1.82, 2.24) is 5.32 Å². The van der Waals surface area contributed by atoms with Gasteiger partial charge in [-0.05, 0) is 55.0 Å². The molecule has 0 atom stereocenters. The average molecular weight is 259 g/mol. The van der Waals surface area contributed by atoms with Gasteiger partial charge in [0, 0.05) is 6.08 Å². The van der Waals surface area contributed by atoms with Gasteiger partial charge >= 0.3 is 5.97 Å².